The third kappa shape index (κ3) is 5.60. The predicted molar refractivity (Wildman–Crippen MR) is 129 cm³/mol. The van der Waals surface area contributed by atoms with Gasteiger partial charge < -0.3 is 10.2 Å². The van der Waals surface area contributed by atoms with Gasteiger partial charge in [-0.05, 0) is 84.9 Å². The molecule has 8 heteroatoms. The van der Waals surface area contributed by atoms with Gasteiger partial charge in [0.2, 0.25) is 10.0 Å². The smallest absolute Gasteiger partial charge is 0.251 e. The predicted octanol–water partition coefficient (Wildman–Crippen LogP) is 4.09. The molecule has 0 radical (unpaired) electrons. The molecule has 1 saturated carbocycles. The van der Waals surface area contributed by atoms with Gasteiger partial charge in [0.15, 0.2) is 0 Å². The Labute approximate surface area is 199 Å². The lowest BCUT2D eigenvalue weighted by Crippen LogP contribution is -2.47. The standard InChI is InChI=1S/C24H30BrN3O3S/c1-28-14-6-5-9-21(28)23(18-7-3-2-4-8-18)27-24(29)19-12-13-22(20(25)15-19)32(30,31)26-16-17-10-11-17/h2-4,7-8,12-13,15,17,21,23,26H,5-6,9-11,14,16H2,1H3,(H,27,29). The van der Waals surface area contributed by atoms with E-state index in [1.165, 1.54) is 12.5 Å². The molecule has 1 saturated heterocycles. The average molecular weight is 520 g/mol. The third-order valence-electron chi connectivity index (χ3n) is 6.40. The van der Waals surface area contributed by atoms with Crippen molar-refractivity contribution in [3.63, 3.8) is 0 Å². The number of hydrogen-bond donors (Lipinski definition) is 2. The number of benzene rings is 2. The second-order valence-corrected chi connectivity index (χ2v) is 11.4. The van der Waals surface area contributed by atoms with Gasteiger partial charge in [0.25, 0.3) is 5.91 Å². The van der Waals surface area contributed by atoms with Crippen molar-refractivity contribution in [3.05, 3.63) is 64.1 Å². The number of nitrogens with zero attached hydrogens (tertiary/aromatic N) is 1. The number of carbonyl (C=O) groups excluding carboxylic acids is 1. The van der Waals surface area contributed by atoms with Gasteiger partial charge in [0.05, 0.1) is 10.9 Å². The van der Waals surface area contributed by atoms with Crippen LogP contribution in [0.5, 0.6) is 0 Å². The molecule has 4 rings (SSSR count). The first-order chi connectivity index (χ1) is 15.3. The molecule has 2 fully saturated rings. The number of halogens is 1. The molecule has 1 heterocycles. The van der Waals surface area contributed by atoms with E-state index >= 15 is 0 Å². The van der Waals surface area contributed by atoms with Crippen molar-refractivity contribution in [2.75, 3.05) is 20.1 Å². The minimum atomic E-state index is -3.61. The lowest BCUT2D eigenvalue weighted by Gasteiger charge is -2.38. The van der Waals surface area contributed by atoms with E-state index in [0.29, 0.717) is 22.5 Å². The van der Waals surface area contributed by atoms with Crippen molar-refractivity contribution < 1.29 is 13.2 Å². The Hall–Kier alpha value is -1.74. The number of nitrogens with one attached hydrogen (secondary N) is 2. The van der Waals surface area contributed by atoms with Crippen molar-refractivity contribution >= 4 is 31.9 Å². The fraction of sp³-hybridized carbons (Fsp3) is 0.458. The first kappa shape index (κ1) is 23.4. The lowest BCUT2D eigenvalue weighted by atomic mass is 9.91. The Balaban J connectivity index is 1.53. The lowest BCUT2D eigenvalue weighted by molar-refractivity contribution is 0.0870. The number of rotatable bonds is 8. The number of carbonyl (C=O) groups is 1. The van der Waals surface area contributed by atoms with Crippen molar-refractivity contribution in [2.45, 2.75) is 49.1 Å². The highest BCUT2D eigenvalue weighted by Gasteiger charge is 2.31. The highest BCUT2D eigenvalue weighted by Crippen LogP contribution is 2.30. The molecule has 2 unspecified atom stereocenters. The molecule has 0 spiro atoms. The summed E-state index contributed by atoms with van der Waals surface area (Å²) in [6.07, 6.45) is 5.47. The van der Waals surface area contributed by atoms with E-state index in [2.05, 4.69) is 37.9 Å². The maximum Gasteiger partial charge on any atom is 0.251 e. The van der Waals surface area contributed by atoms with E-state index in [1.54, 1.807) is 12.1 Å². The molecule has 2 aromatic carbocycles. The van der Waals surface area contributed by atoms with Crippen LogP contribution in [0.25, 0.3) is 0 Å². The number of likely N-dealkylation sites (tertiary alicyclic amines) is 1. The van der Waals surface area contributed by atoms with Gasteiger partial charge >= 0.3 is 0 Å². The topological polar surface area (TPSA) is 78.5 Å². The highest BCUT2D eigenvalue weighted by atomic mass is 79.9. The molecule has 2 aliphatic rings. The molecule has 172 valence electrons. The van der Waals surface area contributed by atoms with E-state index in [1.807, 2.05) is 30.3 Å². The molecule has 1 amide bonds. The summed E-state index contributed by atoms with van der Waals surface area (Å²) in [5.74, 6) is 0.231. The van der Waals surface area contributed by atoms with Crippen LogP contribution in [0, 0.1) is 5.92 Å². The Morgan fingerprint density at radius 1 is 1.12 bits per heavy atom. The zero-order valence-corrected chi connectivity index (χ0v) is 20.7. The normalized spacial score (nSPS) is 20.6. The Morgan fingerprint density at radius 3 is 2.53 bits per heavy atom. The maximum atomic E-state index is 13.2. The van der Waals surface area contributed by atoms with Crippen molar-refractivity contribution in [2.24, 2.45) is 5.92 Å². The number of likely N-dealkylation sites (N-methyl/N-ethyl adjacent to an activating group) is 1. The van der Waals surface area contributed by atoms with Crippen LogP contribution in [0.4, 0.5) is 0 Å². The van der Waals surface area contributed by atoms with Gasteiger partial charge in [-0.1, -0.05) is 36.8 Å². The van der Waals surface area contributed by atoms with E-state index in [4.69, 9.17) is 0 Å². The first-order valence-electron chi connectivity index (χ1n) is 11.2. The van der Waals surface area contributed by atoms with Crippen molar-refractivity contribution in [3.8, 4) is 0 Å². The first-order valence-corrected chi connectivity index (χ1v) is 13.5. The summed E-state index contributed by atoms with van der Waals surface area (Å²) in [6, 6.07) is 14.8. The Morgan fingerprint density at radius 2 is 1.88 bits per heavy atom. The molecule has 1 aliphatic carbocycles. The second-order valence-electron chi connectivity index (χ2n) is 8.85. The summed E-state index contributed by atoms with van der Waals surface area (Å²) >= 11 is 3.36. The highest BCUT2D eigenvalue weighted by molar-refractivity contribution is 9.10. The molecule has 2 N–H and O–H groups in total. The maximum absolute atomic E-state index is 13.2. The van der Waals surface area contributed by atoms with Gasteiger partial charge in [-0.15, -0.1) is 0 Å². The number of sulfonamides is 1. The van der Waals surface area contributed by atoms with E-state index in [0.717, 1.165) is 37.8 Å². The number of amides is 1. The van der Waals surface area contributed by atoms with Crippen LogP contribution in [0.2, 0.25) is 0 Å². The minimum Gasteiger partial charge on any atom is -0.344 e. The molecule has 2 atom stereocenters. The molecule has 0 bridgehead atoms. The van der Waals surface area contributed by atoms with Crippen molar-refractivity contribution in [1.82, 2.24) is 14.9 Å². The zero-order valence-electron chi connectivity index (χ0n) is 18.3. The van der Waals surface area contributed by atoms with Gasteiger partial charge in [-0.25, -0.2) is 13.1 Å². The largest absolute Gasteiger partial charge is 0.344 e. The molecule has 6 nitrogen and oxygen atoms in total. The van der Waals surface area contributed by atoms with Crippen LogP contribution in [0.15, 0.2) is 57.9 Å². The van der Waals surface area contributed by atoms with Gasteiger partial charge in [0.1, 0.15) is 0 Å². The summed E-state index contributed by atoms with van der Waals surface area (Å²) in [4.78, 5) is 15.7. The Kier molecular flexibility index (Phi) is 7.34. The summed E-state index contributed by atoms with van der Waals surface area (Å²) < 4.78 is 28.3. The van der Waals surface area contributed by atoms with Gasteiger partial charge in [0, 0.05) is 22.6 Å². The van der Waals surface area contributed by atoms with Crippen LogP contribution in [0.3, 0.4) is 0 Å². The second kappa shape index (κ2) is 10.0. The quantitative estimate of drug-likeness (QED) is 0.550. The Bertz CT molecular complexity index is 1060. The zero-order chi connectivity index (χ0) is 22.7. The average Bonchev–Trinajstić information content (AvgIpc) is 3.62. The van der Waals surface area contributed by atoms with E-state index < -0.39 is 10.0 Å². The molecule has 1 aliphatic heterocycles. The van der Waals surface area contributed by atoms with Gasteiger partial charge in [-0.3, -0.25) is 4.79 Å². The fourth-order valence-corrected chi connectivity index (χ4v) is 6.49. The molecule has 32 heavy (non-hydrogen) atoms. The van der Waals surface area contributed by atoms with Crippen LogP contribution in [-0.4, -0.2) is 45.4 Å². The summed E-state index contributed by atoms with van der Waals surface area (Å²) in [6.45, 7) is 1.47. The van der Waals surface area contributed by atoms with Crippen LogP contribution in [0.1, 0.15) is 54.1 Å². The van der Waals surface area contributed by atoms with Crippen molar-refractivity contribution in [1.29, 1.82) is 0 Å². The summed E-state index contributed by atoms with van der Waals surface area (Å²) in [5, 5.41) is 3.22. The number of piperidine rings is 1. The minimum absolute atomic E-state index is 0.142. The monoisotopic (exact) mass is 519 g/mol. The van der Waals surface area contributed by atoms with Crippen LogP contribution >= 0.6 is 15.9 Å². The summed E-state index contributed by atoms with van der Waals surface area (Å²) in [5.41, 5.74) is 1.50. The van der Waals surface area contributed by atoms with Gasteiger partial charge in [-0.2, -0.15) is 0 Å². The van der Waals surface area contributed by atoms with E-state index in [-0.39, 0.29) is 22.9 Å². The summed E-state index contributed by atoms with van der Waals surface area (Å²) in [7, 11) is -1.51. The molecule has 2 aromatic rings. The van der Waals surface area contributed by atoms with Crippen LogP contribution < -0.4 is 10.0 Å². The number of hydrogen-bond acceptors (Lipinski definition) is 4. The van der Waals surface area contributed by atoms with E-state index in [9.17, 15) is 13.2 Å². The molecular weight excluding hydrogens is 490 g/mol. The van der Waals surface area contributed by atoms with Crippen LogP contribution in [-0.2, 0) is 10.0 Å². The molecule has 0 aromatic heterocycles. The SMILES string of the molecule is CN1CCCCC1C(NC(=O)c1ccc(S(=O)(=O)NCC2CC2)c(Br)c1)c1ccccc1. The third-order valence-corrected chi connectivity index (χ3v) is 8.80. The fourth-order valence-electron chi connectivity index (χ4n) is 4.30. The molecular formula is C24H30BrN3O3S.